The SMILES string of the molecule is COc1ccc(C(=O)N(CCC(C)C)CC(=O)N(CCc2ccccc2)Cc2ccc(C)o2)cc1. The van der Waals surface area contributed by atoms with Crippen LogP contribution >= 0.6 is 0 Å². The summed E-state index contributed by atoms with van der Waals surface area (Å²) in [6.45, 7) is 7.56. The summed E-state index contributed by atoms with van der Waals surface area (Å²) in [6, 6.07) is 20.9. The number of methoxy groups -OCH3 is 1. The molecule has 0 unspecified atom stereocenters. The quantitative estimate of drug-likeness (QED) is 0.353. The zero-order valence-electron chi connectivity index (χ0n) is 21.2. The van der Waals surface area contributed by atoms with Crippen molar-refractivity contribution in [2.75, 3.05) is 26.7 Å². The molecule has 0 saturated heterocycles. The topological polar surface area (TPSA) is 63.0 Å². The summed E-state index contributed by atoms with van der Waals surface area (Å²) >= 11 is 0. The average molecular weight is 477 g/mol. The van der Waals surface area contributed by atoms with E-state index in [9.17, 15) is 9.59 Å². The molecule has 3 aromatic rings. The Morgan fingerprint density at radius 3 is 2.23 bits per heavy atom. The number of benzene rings is 2. The lowest BCUT2D eigenvalue weighted by molar-refractivity contribution is -0.132. The summed E-state index contributed by atoms with van der Waals surface area (Å²) in [6.07, 6.45) is 1.54. The Morgan fingerprint density at radius 2 is 1.63 bits per heavy atom. The summed E-state index contributed by atoms with van der Waals surface area (Å²) in [5, 5.41) is 0. The molecule has 0 spiro atoms. The number of nitrogens with zero attached hydrogens (tertiary/aromatic N) is 2. The minimum Gasteiger partial charge on any atom is -0.497 e. The first kappa shape index (κ1) is 26.1. The maximum absolute atomic E-state index is 13.5. The number of furan rings is 1. The Balaban J connectivity index is 1.77. The van der Waals surface area contributed by atoms with Crippen molar-refractivity contribution < 1.29 is 18.7 Å². The van der Waals surface area contributed by atoms with Crippen LogP contribution in [-0.4, -0.2) is 48.4 Å². The van der Waals surface area contributed by atoms with Crippen LogP contribution in [-0.2, 0) is 17.8 Å². The third kappa shape index (κ3) is 8.02. The van der Waals surface area contributed by atoms with Gasteiger partial charge in [-0.05, 0) is 67.6 Å². The van der Waals surface area contributed by atoms with E-state index in [1.807, 2.05) is 37.3 Å². The van der Waals surface area contributed by atoms with Crippen molar-refractivity contribution in [1.29, 1.82) is 0 Å². The summed E-state index contributed by atoms with van der Waals surface area (Å²) < 4.78 is 11.0. The normalized spacial score (nSPS) is 10.9. The maximum Gasteiger partial charge on any atom is 0.254 e. The third-order valence-electron chi connectivity index (χ3n) is 5.94. The van der Waals surface area contributed by atoms with Gasteiger partial charge < -0.3 is 19.0 Å². The molecule has 6 heteroatoms. The van der Waals surface area contributed by atoms with Crippen LogP contribution in [0.1, 0.15) is 47.7 Å². The Kier molecular flexibility index (Phi) is 9.53. The Bertz CT molecular complexity index is 1070. The molecule has 0 aliphatic rings. The standard InChI is InChI=1S/C29H36N2O4/c1-22(2)16-18-31(29(33)25-11-14-26(34-4)15-12-25)21-28(32)30(20-27-13-10-23(3)35-27)19-17-24-8-6-5-7-9-24/h5-15,22H,16-21H2,1-4H3. The van der Waals surface area contributed by atoms with Crippen molar-refractivity contribution in [2.45, 2.75) is 40.2 Å². The molecule has 0 radical (unpaired) electrons. The van der Waals surface area contributed by atoms with Crippen molar-refractivity contribution in [3.63, 3.8) is 0 Å². The van der Waals surface area contributed by atoms with Gasteiger partial charge in [-0.2, -0.15) is 0 Å². The molecule has 3 rings (SSSR count). The molecule has 2 amide bonds. The van der Waals surface area contributed by atoms with Gasteiger partial charge in [0.2, 0.25) is 5.91 Å². The number of amides is 2. The number of carbonyl (C=O) groups is 2. The van der Waals surface area contributed by atoms with Crippen molar-refractivity contribution in [3.8, 4) is 5.75 Å². The molecule has 2 aromatic carbocycles. The first-order valence-electron chi connectivity index (χ1n) is 12.2. The van der Waals surface area contributed by atoms with E-state index in [0.717, 1.165) is 29.9 Å². The zero-order valence-corrected chi connectivity index (χ0v) is 21.2. The number of aryl methyl sites for hydroxylation is 1. The molecule has 35 heavy (non-hydrogen) atoms. The fraction of sp³-hybridized carbons (Fsp3) is 0.379. The Labute approximate surface area is 208 Å². The number of hydrogen-bond donors (Lipinski definition) is 0. The Hall–Kier alpha value is -3.54. The molecule has 0 atom stereocenters. The third-order valence-corrected chi connectivity index (χ3v) is 5.94. The van der Waals surface area contributed by atoms with E-state index in [4.69, 9.17) is 9.15 Å². The van der Waals surface area contributed by atoms with Crippen LogP contribution in [0.5, 0.6) is 5.75 Å². The summed E-state index contributed by atoms with van der Waals surface area (Å²) in [5.74, 6) is 2.39. The predicted molar refractivity (Wildman–Crippen MR) is 137 cm³/mol. The van der Waals surface area contributed by atoms with Gasteiger partial charge in [-0.3, -0.25) is 9.59 Å². The molecular formula is C29H36N2O4. The van der Waals surface area contributed by atoms with Gasteiger partial charge in [0, 0.05) is 18.7 Å². The van der Waals surface area contributed by atoms with Crippen LogP contribution in [0.25, 0.3) is 0 Å². The summed E-state index contributed by atoms with van der Waals surface area (Å²) in [4.78, 5) is 30.3. The van der Waals surface area contributed by atoms with Gasteiger partial charge in [0.15, 0.2) is 0 Å². The van der Waals surface area contributed by atoms with Crippen LogP contribution < -0.4 is 4.74 Å². The molecule has 0 saturated carbocycles. The second-order valence-corrected chi connectivity index (χ2v) is 9.20. The molecule has 0 aliphatic heterocycles. The van der Waals surface area contributed by atoms with E-state index in [1.165, 1.54) is 0 Å². The fourth-order valence-corrected chi connectivity index (χ4v) is 3.80. The highest BCUT2D eigenvalue weighted by Crippen LogP contribution is 2.16. The molecule has 1 aromatic heterocycles. The van der Waals surface area contributed by atoms with Crippen LogP contribution in [0.15, 0.2) is 71.1 Å². The Morgan fingerprint density at radius 1 is 0.914 bits per heavy atom. The van der Waals surface area contributed by atoms with E-state index in [0.29, 0.717) is 36.9 Å². The van der Waals surface area contributed by atoms with E-state index < -0.39 is 0 Å². The van der Waals surface area contributed by atoms with Gasteiger partial charge in [-0.1, -0.05) is 44.2 Å². The van der Waals surface area contributed by atoms with Gasteiger partial charge in [0.25, 0.3) is 5.91 Å². The van der Waals surface area contributed by atoms with Crippen molar-refractivity contribution >= 4 is 11.8 Å². The van der Waals surface area contributed by atoms with E-state index >= 15 is 0 Å². The minimum absolute atomic E-state index is 0.0199. The number of rotatable bonds is 12. The second-order valence-electron chi connectivity index (χ2n) is 9.20. The van der Waals surface area contributed by atoms with Crippen molar-refractivity contribution in [1.82, 2.24) is 9.80 Å². The highest BCUT2D eigenvalue weighted by Gasteiger charge is 2.23. The van der Waals surface area contributed by atoms with Gasteiger partial charge in [0.05, 0.1) is 13.7 Å². The molecule has 0 bridgehead atoms. The molecule has 6 nitrogen and oxygen atoms in total. The van der Waals surface area contributed by atoms with Gasteiger partial charge in [0.1, 0.15) is 23.8 Å². The van der Waals surface area contributed by atoms with Gasteiger partial charge in [-0.15, -0.1) is 0 Å². The van der Waals surface area contributed by atoms with Crippen LogP contribution in [0.3, 0.4) is 0 Å². The molecule has 0 aliphatic carbocycles. The van der Waals surface area contributed by atoms with E-state index in [-0.39, 0.29) is 18.4 Å². The largest absolute Gasteiger partial charge is 0.497 e. The fourth-order valence-electron chi connectivity index (χ4n) is 3.80. The van der Waals surface area contributed by atoms with Crippen molar-refractivity contribution in [2.24, 2.45) is 5.92 Å². The van der Waals surface area contributed by atoms with Gasteiger partial charge >= 0.3 is 0 Å². The molecule has 186 valence electrons. The predicted octanol–water partition coefficient (Wildman–Crippen LogP) is 5.36. The van der Waals surface area contributed by atoms with Crippen LogP contribution in [0.2, 0.25) is 0 Å². The lowest BCUT2D eigenvalue weighted by Gasteiger charge is -2.28. The zero-order chi connectivity index (χ0) is 25.2. The summed E-state index contributed by atoms with van der Waals surface area (Å²) in [5.41, 5.74) is 1.70. The van der Waals surface area contributed by atoms with E-state index in [1.54, 1.807) is 41.2 Å². The molecular weight excluding hydrogens is 440 g/mol. The summed E-state index contributed by atoms with van der Waals surface area (Å²) in [7, 11) is 1.59. The smallest absolute Gasteiger partial charge is 0.254 e. The maximum atomic E-state index is 13.5. The van der Waals surface area contributed by atoms with E-state index in [2.05, 4.69) is 26.0 Å². The van der Waals surface area contributed by atoms with Crippen LogP contribution in [0.4, 0.5) is 0 Å². The number of carbonyl (C=O) groups excluding carboxylic acids is 2. The lowest BCUT2D eigenvalue weighted by atomic mass is 10.1. The number of ether oxygens (including phenoxy) is 1. The average Bonchev–Trinajstić information content (AvgIpc) is 3.28. The molecule has 0 N–H and O–H groups in total. The minimum atomic E-state index is -0.154. The molecule has 1 heterocycles. The second kappa shape index (κ2) is 12.8. The number of hydrogen-bond acceptors (Lipinski definition) is 4. The highest BCUT2D eigenvalue weighted by atomic mass is 16.5. The van der Waals surface area contributed by atoms with Gasteiger partial charge in [-0.25, -0.2) is 0 Å². The molecule has 0 fully saturated rings. The van der Waals surface area contributed by atoms with Crippen LogP contribution in [0, 0.1) is 12.8 Å². The highest BCUT2D eigenvalue weighted by molar-refractivity contribution is 5.96. The first-order chi connectivity index (χ1) is 16.9. The monoisotopic (exact) mass is 476 g/mol. The lowest BCUT2D eigenvalue weighted by Crippen LogP contribution is -2.44. The van der Waals surface area contributed by atoms with Crippen molar-refractivity contribution in [3.05, 3.63) is 89.4 Å². The first-order valence-corrected chi connectivity index (χ1v) is 12.2.